The maximum absolute atomic E-state index is 12.5. The molecule has 1 aromatic heterocycles. The molecule has 2 N–H and O–H groups in total. The van der Waals surface area contributed by atoms with Crippen LogP contribution in [0.4, 0.5) is 0 Å². The van der Waals surface area contributed by atoms with Crippen LogP contribution >= 0.6 is 11.6 Å². The third-order valence-corrected chi connectivity index (χ3v) is 4.11. The van der Waals surface area contributed by atoms with Gasteiger partial charge < -0.3 is 10.4 Å². The first-order valence-corrected chi connectivity index (χ1v) is 8.97. The third kappa shape index (κ3) is 5.28. The van der Waals surface area contributed by atoms with Gasteiger partial charge in [-0.2, -0.15) is 0 Å². The molecular formula is C18H25ClN4O2. The van der Waals surface area contributed by atoms with Crippen molar-refractivity contribution in [2.75, 3.05) is 6.54 Å². The van der Waals surface area contributed by atoms with Gasteiger partial charge in [-0.1, -0.05) is 43.1 Å². The number of aliphatic hydroxyl groups excluding tert-OH is 1. The number of rotatable bonds is 8. The van der Waals surface area contributed by atoms with Crippen LogP contribution in [0.5, 0.6) is 0 Å². The van der Waals surface area contributed by atoms with Crippen molar-refractivity contribution in [1.29, 1.82) is 0 Å². The standard InChI is InChI=1S/C18H25ClN4O2/c1-4-6-16-17(18(25)20-11-12(2)9-13(3)24)21-22-23(16)15-8-5-7-14(19)10-15/h5,7-8,10,12-13,24H,4,6,9,11H2,1-3H3,(H,20,25)/t12-,13+/m1/s1. The van der Waals surface area contributed by atoms with Crippen molar-refractivity contribution in [3.8, 4) is 5.69 Å². The summed E-state index contributed by atoms with van der Waals surface area (Å²) in [4.78, 5) is 12.5. The minimum atomic E-state index is -0.383. The molecule has 6 nitrogen and oxygen atoms in total. The molecule has 25 heavy (non-hydrogen) atoms. The summed E-state index contributed by atoms with van der Waals surface area (Å²) in [6, 6.07) is 7.30. The molecule has 0 aliphatic heterocycles. The summed E-state index contributed by atoms with van der Waals surface area (Å²) in [6.07, 6.45) is 1.81. The van der Waals surface area contributed by atoms with E-state index in [4.69, 9.17) is 11.6 Å². The summed E-state index contributed by atoms with van der Waals surface area (Å²) in [6.45, 7) is 6.26. The lowest BCUT2D eigenvalue weighted by Gasteiger charge is -2.14. The van der Waals surface area contributed by atoms with Gasteiger partial charge in [0.05, 0.1) is 17.5 Å². The Balaban J connectivity index is 2.19. The number of hydrogen-bond donors (Lipinski definition) is 2. The molecule has 0 saturated heterocycles. The minimum absolute atomic E-state index is 0.182. The Morgan fingerprint density at radius 1 is 1.40 bits per heavy atom. The zero-order valence-electron chi connectivity index (χ0n) is 14.9. The van der Waals surface area contributed by atoms with E-state index in [1.807, 2.05) is 26.0 Å². The highest BCUT2D eigenvalue weighted by Gasteiger charge is 2.20. The number of carbonyl (C=O) groups excluding carboxylic acids is 1. The van der Waals surface area contributed by atoms with Gasteiger partial charge in [0.25, 0.3) is 5.91 Å². The van der Waals surface area contributed by atoms with Gasteiger partial charge in [0, 0.05) is 11.6 Å². The first kappa shape index (κ1) is 19.4. The second kappa shape index (κ2) is 8.97. The highest BCUT2D eigenvalue weighted by molar-refractivity contribution is 6.30. The van der Waals surface area contributed by atoms with Crippen LogP contribution in [0.25, 0.3) is 5.69 Å². The monoisotopic (exact) mass is 364 g/mol. The number of aromatic nitrogens is 3. The molecule has 1 heterocycles. The summed E-state index contributed by atoms with van der Waals surface area (Å²) in [5.41, 5.74) is 1.89. The molecule has 0 aliphatic carbocycles. The molecule has 1 amide bonds. The van der Waals surface area contributed by atoms with Crippen molar-refractivity contribution < 1.29 is 9.90 Å². The van der Waals surface area contributed by atoms with Crippen molar-refractivity contribution >= 4 is 17.5 Å². The minimum Gasteiger partial charge on any atom is -0.393 e. The van der Waals surface area contributed by atoms with E-state index >= 15 is 0 Å². The first-order chi connectivity index (χ1) is 11.9. The van der Waals surface area contributed by atoms with Gasteiger partial charge in [-0.15, -0.1) is 5.10 Å². The predicted octanol–water partition coefficient (Wildman–Crippen LogP) is 3.01. The number of carbonyl (C=O) groups is 1. The van der Waals surface area contributed by atoms with Gasteiger partial charge in [0.1, 0.15) is 0 Å². The van der Waals surface area contributed by atoms with E-state index < -0.39 is 0 Å². The molecule has 0 aliphatic rings. The van der Waals surface area contributed by atoms with E-state index in [0.717, 1.165) is 17.8 Å². The van der Waals surface area contributed by atoms with Gasteiger partial charge in [0.2, 0.25) is 0 Å². The summed E-state index contributed by atoms with van der Waals surface area (Å²) in [5, 5.41) is 21.2. The number of nitrogens with one attached hydrogen (secondary N) is 1. The van der Waals surface area contributed by atoms with Crippen LogP contribution in [0.1, 0.15) is 49.8 Å². The van der Waals surface area contributed by atoms with E-state index in [0.29, 0.717) is 30.1 Å². The number of nitrogens with zero attached hydrogens (tertiary/aromatic N) is 3. The normalized spacial score (nSPS) is 13.5. The molecule has 0 saturated carbocycles. The Bertz CT molecular complexity index is 715. The van der Waals surface area contributed by atoms with Crippen molar-refractivity contribution in [3.63, 3.8) is 0 Å². The SMILES string of the molecule is CCCc1c(C(=O)NC[C@H](C)C[C@H](C)O)nnn1-c1cccc(Cl)c1. The zero-order valence-corrected chi connectivity index (χ0v) is 15.6. The molecule has 0 bridgehead atoms. The van der Waals surface area contributed by atoms with Crippen molar-refractivity contribution in [2.24, 2.45) is 5.92 Å². The van der Waals surface area contributed by atoms with Crippen LogP contribution < -0.4 is 5.32 Å². The van der Waals surface area contributed by atoms with E-state index in [2.05, 4.69) is 15.6 Å². The summed E-state index contributed by atoms with van der Waals surface area (Å²) >= 11 is 6.06. The van der Waals surface area contributed by atoms with E-state index in [1.54, 1.807) is 23.7 Å². The highest BCUT2D eigenvalue weighted by Crippen LogP contribution is 2.18. The van der Waals surface area contributed by atoms with E-state index in [1.165, 1.54) is 0 Å². The number of aliphatic hydroxyl groups is 1. The van der Waals surface area contributed by atoms with Gasteiger partial charge >= 0.3 is 0 Å². The molecule has 2 aromatic rings. The van der Waals surface area contributed by atoms with Gasteiger partial charge in [-0.05, 0) is 43.9 Å². The smallest absolute Gasteiger partial charge is 0.273 e. The fourth-order valence-corrected chi connectivity index (χ4v) is 2.96. The van der Waals surface area contributed by atoms with Gasteiger partial charge in [-0.3, -0.25) is 4.79 Å². The average molecular weight is 365 g/mol. The lowest BCUT2D eigenvalue weighted by atomic mass is 10.0. The Labute approximate surface area is 153 Å². The molecular weight excluding hydrogens is 340 g/mol. The highest BCUT2D eigenvalue weighted by atomic mass is 35.5. The molecule has 7 heteroatoms. The molecule has 0 unspecified atom stereocenters. The predicted molar refractivity (Wildman–Crippen MR) is 98.2 cm³/mol. The average Bonchev–Trinajstić information content (AvgIpc) is 2.96. The fourth-order valence-electron chi connectivity index (χ4n) is 2.77. The third-order valence-electron chi connectivity index (χ3n) is 3.87. The van der Waals surface area contributed by atoms with Crippen molar-refractivity contribution in [3.05, 3.63) is 40.7 Å². The van der Waals surface area contributed by atoms with Crippen LogP contribution in [0.3, 0.4) is 0 Å². The van der Waals surface area contributed by atoms with Crippen LogP contribution in [0.15, 0.2) is 24.3 Å². The van der Waals surface area contributed by atoms with Crippen molar-refractivity contribution in [1.82, 2.24) is 20.3 Å². The number of hydrogen-bond acceptors (Lipinski definition) is 4. The molecule has 0 spiro atoms. The summed E-state index contributed by atoms with van der Waals surface area (Å²) in [5.74, 6) is -0.0595. The van der Waals surface area contributed by atoms with Crippen LogP contribution in [0.2, 0.25) is 5.02 Å². The quantitative estimate of drug-likeness (QED) is 0.754. The maximum Gasteiger partial charge on any atom is 0.273 e. The molecule has 0 fully saturated rings. The van der Waals surface area contributed by atoms with Gasteiger partial charge in [0.15, 0.2) is 5.69 Å². The van der Waals surface area contributed by atoms with Gasteiger partial charge in [-0.25, -0.2) is 4.68 Å². The van der Waals surface area contributed by atoms with E-state index in [-0.39, 0.29) is 17.9 Å². The molecule has 2 rings (SSSR count). The number of halogens is 1. The maximum atomic E-state index is 12.5. The largest absolute Gasteiger partial charge is 0.393 e. The van der Waals surface area contributed by atoms with Crippen LogP contribution in [-0.2, 0) is 6.42 Å². The zero-order chi connectivity index (χ0) is 18.4. The number of benzene rings is 1. The molecule has 0 radical (unpaired) electrons. The topological polar surface area (TPSA) is 80.0 Å². The molecule has 1 aromatic carbocycles. The second-order valence-corrected chi connectivity index (χ2v) is 6.86. The molecule has 2 atom stereocenters. The molecule has 136 valence electrons. The second-order valence-electron chi connectivity index (χ2n) is 6.43. The Hall–Kier alpha value is -1.92. The number of amides is 1. The van der Waals surface area contributed by atoms with E-state index in [9.17, 15) is 9.90 Å². The summed E-state index contributed by atoms with van der Waals surface area (Å²) in [7, 11) is 0. The first-order valence-electron chi connectivity index (χ1n) is 8.59. The fraction of sp³-hybridized carbons (Fsp3) is 0.500. The Kier molecular flexibility index (Phi) is 6.96. The van der Waals surface area contributed by atoms with Crippen molar-refractivity contribution in [2.45, 2.75) is 46.1 Å². The van der Waals surface area contributed by atoms with Crippen LogP contribution in [-0.4, -0.2) is 38.7 Å². The lowest BCUT2D eigenvalue weighted by Crippen LogP contribution is -2.30. The van der Waals surface area contributed by atoms with Crippen LogP contribution in [0, 0.1) is 5.92 Å². The lowest BCUT2D eigenvalue weighted by molar-refractivity contribution is 0.0933. The Morgan fingerprint density at radius 2 is 2.16 bits per heavy atom. The summed E-state index contributed by atoms with van der Waals surface area (Å²) < 4.78 is 1.67. The Morgan fingerprint density at radius 3 is 2.80 bits per heavy atom.